The Morgan fingerprint density at radius 1 is 1.14 bits per heavy atom. The number of hydrogen-bond donors (Lipinski definition) is 1. The molecule has 1 N–H and O–H groups in total. The summed E-state index contributed by atoms with van der Waals surface area (Å²) in [6, 6.07) is 0. The van der Waals surface area contributed by atoms with E-state index >= 15 is 0 Å². The second-order valence-electron chi connectivity index (χ2n) is 4.35. The molecule has 0 spiro atoms. The summed E-state index contributed by atoms with van der Waals surface area (Å²) in [6.07, 6.45) is 4.38. The van der Waals surface area contributed by atoms with Gasteiger partial charge in [0, 0.05) is 19.8 Å². The molecule has 2 heteroatoms. The van der Waals surface area contributed by atoms with Crippen molar-refractivity contribution in [2.75, 3.05) is 19.8 Å². The minimum Gasteiger partial charge on any atom is -0.396 e. The van der Waals surface area contributed by atoms with Gasteiger partial charge in [0.15, 0.2) is 0 Å². The van der Waals surface area contributed by atoms with Gasteiger partial charge in [0.25, 0.3) is 0 Å². The summed E-state index contributed by atoms with van der Waals surface area (Å²) in [5.41, 5.74) is 0. The zero-order valence-electron chi connectivity index (χ0n) is 9.96. The fraction of sp³-hybridized carbons (Fsp3) is 1.00. The number of aliphatic hydroxyl groups excluding tert-OH is 1. The molecule has 0 aliphatic carbocycles. The fourth-order valence-electron chi connectivity index (χ4n) is 1.30. The maximum atomic E-state index is 8.65. The van der Waals surface area contributed by atoms with Gasteiger partial charge in [-0.15, -0.1) is 0 Å². The molecule has 0 amide bonds. The lowest BCUT2D eigenvalue weighted by Gasteiger charge is -2.12. The van der Waals surface area contributed by atoms with Crippen molar-refractivity contribution in [3.05, 3.63) is 0 Å². The highest BCUT2D eigenvalue weighted by molar-refractivity contribution is 4.52. The van der Waals surface area contributed by atoms with E-state index in [0.717, 1.165) is 32.0 Å². The molecule has 0 aromatic rings. The van der Waals surface area contributed by atoms with Gasteiger partial charge in [0.1, 0.15) is 0 Å². The van der Waals surface area contributed by atoms with E-state index in [1.807, 2.05) is 0 Å². The van der Waals surface area contributed by atoms with Crippen LogP contribution in [-0.2, 0) is 4.74 Å². The van der Waals surface area contributed by atoms with Gasteiger partial charge in [-0.2, -0.15) is 0 Å². The minimum absolute atomic E-state index is 0.303. The molecule has 0 aliphatic rings. The number of aliphatic hydroxyl groups is 1. The molecule has 2 nitrogen and oxygen atoms in total. The van der Waals surface area contributed by atoms with Crippen LogP contribution in [0.4, 0.5) is 0 Å². The molecule has 0 aliphatic heterocycles. The van der Waals surface area contributed by atoms with E-state index in [1.165, 1.54) is 12.8 Å². The normalized spacial score (nSPS) is 15.4. The first-order valence-electron chi connectivity index (χ1n) is 5.89. The van der Waals surface area contributed by atoms with Gasteiger partial charge in [-0.25, -0.2) is 0 Å². The van der Waals surface area contributed by atoms with Crippen LogP contribution in [0.1, 0.15) is 46.5 Å². The van der Waals surface area contributed by atoms with Crippen LogP contribution in [0.2, 0.25) is 0 Å². The van der Waals surface area contributed by atoms with Crippen LogP contribution in [0.5, 0.6) is 0 Å². The monoisotopic (exact) mass is 202 g/mol. The van der Waals surface area contributed by atoms with E-state index in [0.29, 0.717) is 12.5 Å². The smallest absolute Gasteiger partial charge is 0.0491 e. The standard InChI is InChI=1S/C12H26O2/c1-4-11(2)7-9-14-10-12(3)6-5-8-13/h11-13H,4-10H2,1-3H3. The van der Waals surface area contributed by atoms with Gasteiger partial charge in [-0.1, -0.05) is 27.2 Å². The molecule has 0 heterocycles. The maximum Gasteiger partial charge on any atom is 0.0491 e. The van der Waals surface area contributed by atoms with Crippen molar-refractivity contribution in [2.45, 2.75) is 46.5 Å². The number of hydrogen-bond acceptors (Lipinski definition) is 2. The van der Waals surface area contributed by atoms with E-state index in [1.54, 1.807) is 0 Å². The summed E-state index contributed by atoms with van der Waals surface area (Å²) >= 11 is 0. The largest absolute Gasteiger partial charge is 0.396 e. The van der Waals surface area contributed by atoms with Gasteiger partial charge < -0.3 is 9.84 Å². The lowest BCUT2D eigenvalue weighted by Crippen LogP contribution is -2.09. The van der Waals surface area contributed by atoms with Crippen LogP contribution in [0, 0.1) is 11.8 Å². The fourth-order valence-corrected chi connectivity index (χ4v) is 1.30. The van der Waals surface area contributed by atoms with Crippen LogP contribution in [0.15, 0.2) is 0 Å². The molecule has 0 radical (unpaired) electrons. The third-order valence-electron chi connectivity index (χ3n) is 2.71. The topological polar surface area (TPSA) is 29.5 Å². The van der Waals surface area contributed by atoms with E-state index in [-0.39, 0.29) is 0 Å². The van der Waals surface area contributed by atoms with Crippen LogP contribution in [-0.4, -0.2) is 24.9 Å². The van der Waals surface area contributed by atoms with Gasteiger partial charge in [0.2, 0.25) is 0 Å². The van der Waals surface area contributed by atoms with Crippen LogP contribution in [0.25, 0.3) is 0 Å². The lowest BCUT2D eigenvalue weighted by molar-refractivity contribution is 0.0894. The Bertz CT molecular complexity index is 115. The molecule has 2 atom stereocenters. The molecule has 0 aromatic heterocycles. The van der Waals surface area contributed by atoms with Gasteiger partial charge in [-0.3, -0.25) is 0 Å². The predicted molar refractivity (Wildman–Crippen MR) is 60.4 cm³/mol. The summed E-state index contributed by atoms with van der Waals surface area (Å²) < 4.78 is 5.58. The minimum atomic E-state index is 0.303. The summed E-state index contributed by atoms with van der Waals surface area (Å²) in [6.45, 7) is 8.69. The number of rotatable bonds is 9. The van der Waals surface area contributed by atoms with Gasteiger partial charge in [0.05, 0.1) is 0 Å². The van der Waals surface area contributed by atoms with E-state index in [9.17, 15) is 0 Å². The SMILES string of the molecule is CCC(C)CCOCC(C)CCCO. The summed E-state index contributed by atoms with van der Waals surface area (Å²) in [5, 5.41) is 8.65. The van der Waals surface area contributed by atoms with Crippen molar-refractivity contribution < 1.29 is 9.84 Å². The summed E-state index contributed by atoms with van der Waals surface area (Å²) in [7, 11) is 0. The average Bonchev–Trinajstić information content (AvgIpc) is 2.21. The molecular weight excluding hydrogens is 176 g/mol. The first kappa shape index (κ1) is 13.9. The molecule has 14 heavy (non-hydrogen) atoms. The Labute approximate surface area is 88.7 Å². The Hall–Kier alpha value is -0.0800. The van der Waals surface area contributed by atoms with Crippen LogP contribution < -0.4 is 0 Å². The van der Waals surface area contributed by atoms with Crippen molar-refractivity contribution in [1.29, 1.82) is 0 Å². The first-order valence-corrected chi connectivity index (χ1v) is 5.89. The molecule has 86 valence electrons. The Kier molecular flexibility index (Phi) is 9.42. The van der Waals surface area contributed by atoms with E-state index < -0.39 is 0 Å². The summed E-state index contributed by atoms with van der Waals surface area (Å²) in [5.74, 6) is 1.36. The quantitative estimate of drug-likeness (QED) is 0.583. The molecule has 2 unspecified atom stereocenters. The zero-order valence-corrected chi connectivity index (χ0v) is 9.96. The van der Waals surface area contributed by atoms with E-state index in [2.05, 4.69) is 20.8 Å². The average molecular weight is 202 g/mol. The Balaban J connectivity index is 3.18. The van der Waals surface area contributed by atoms with Gasteiger partial charge in [-0.05, 0) is 31.1 Å². The van der Waals surface area contributed by atoms with E-state index in [4.69, 9.17) is 9.84 Å². The molecule has 0 fully saturated rings. The first-order chi connectivity index (χ1) is 6.70. The zero-order chi connectivity index (χ0) is 10.8. The summed E-state index contributed by atoms with van der Waals surface area (Å²) in [4.78, 5) is 0. The van der Waals surface area contributed by atoms with Crippen molar-refractivity contribution >= 4 is 0 Å². The van der Waals surface area contributed by atoms with Crippen molar-refractivity contribution in [3.8, 4) is 0 Å². The maximum absolute atomic E-state index is 8.65. The molecule has 0 bridgehead atoms. The highest BCUT2D eigenvalue weighted by atomic mass is 16.5. The predicted octanol–water partition coefficient (Wildman–Crippen LogP) is 2.85. The molecular formula is C12H26O2. The van der Waals surface area contributed by atoms with Crippen LogP contribution >= 0.6 is 0 Å². The van der Waals surface area contributed by atoms with Crippen molar-refractivity contribution in [2.24, 2.45) is 11.8 Å². The highest BCUT2D eigenvalue weighted by Gasteiger charge is 2.02. The van der Waals surface area contributed by atoms with Gasteiger partial charge >= 0.3 is 0 Å². The lowest BCUT2D eigenvalue weighted by atomic mass is 10.1. The molecule has 0 rings (SSSR count). The highest BCUT2D eigenvalue weighted by Crippen LogP contribution is 2.08. The van der Waals surface area contributed by atoms with Crippen molar-refractivity contribution in [3.63, 3.8) is 0 Å². The number of ether oxygens (including phenoxy) is 1. The third kappa shape index (κ3) is 8.52. The molecule has 0 aromatic carbocycles. The Morgan fingerprint density at radius 2 is 1.86 bits per heavy atom. The second-order valence-corrected chi connectivity index (χ2v) is 4.35. The van der Waals surface area contributed by atoms with Crippen LogP contribution in [0.3, 0.4) is 0 Å². The molecule has 0 saturated carbocycles. The molecule has 0 saturated heterocycles. The second kappa shape index (κ2) is 9.47. The van der Waals surface area contributed by atoms with Crippen molar-refractivity contribution in [1.82, 2.24) is 0 Å². The Morgan fingerprint density at radius 3 is 2.43 bits per heavy atom. The third-order valence-corrected chi connectivity index (χ3v) is 2.71.